The minimum absolute atomic E-state index is 0.0404. The lowest BCUT2D eigenvalue weighted by Crippen LogP contribution is -2.24. The van der Waals surface area contributed by atoms with Crippen LogP contribution >= 0.6 is 11.6 Å². The first kappa shape index (κ1) is 18.9. The molecule has 0 aliphatic rings. The first-order chi connectivity index (χ1) is 13.0. The van der Waals surface area contributed by atoms with Crippen molar-refractivity contribution >= 4 is 23.2 Å². The Balaban J connectivity index is 1.66. The lowest BCUT2D eigenvalue weighted by atomic mass is 10.1. The zero-order valence-electron chi connectivity index (χ0n) is 14.8. The first-order valence-corrected chi connectivity index (χ1v) is 8.88. The van der Waals surface area contributed by atoms with E-state index >= 15 is 0 Å². The highest BCUT2D eigenvalue weighted by Crippen LogP contribution is 2.20. The van der Waals surface area contributed by atoms with Crippen molar-refractivity contribution in [1.82, 2.24) is 10.3 Å². The number of carbonyl (C=O) groups excluding carboxylic acids is 1. The van der Waals surface area contributed by atoms with E-state index in [9.17, 15) is 9.18 Å². The van der Waals surface area contributed by atoms with Crippen LogP contribution < -0.4 is 10.6 Å². The second-order valence-corrected chi connectivity index (χ2v) is 6.49. The average molecular weight is 384 g/mol. The molecule has 0 atom stereocenters. The third-order valence-electron chi connectivity index (χ3n) is 4.20. The number of pyridine rings is 1. The number of amides is 1. The Morgan fingerprint density at radius 2 is 1.96 bits per heavy atom. The van der Waals surface area contributed by atoms with E-state index < -0.39 is 5.82 Å². The number of rotatable bonds is 6. The van der Waals surface area contributed by atoms with Crippen molar-refractivity contribution in [3.05, 3.63) is 94.0 Å². The van der Waals surface area contributed by atoms with Crippen molar-refractivity contribution in [2.75, 3.05) is 5.32 Å². The van der Waals surface area contributed by atoms with Gasteiger partial charge in [0.25, 0.3) is 5.91 Å². The summed E-state index contributed by atoms with van der Waals surface area (Å²) in [6, 6.07) is 15.7. The molecule has 6 heteroatoms. The summed E-state index contributed by atoms with van der Waals surface area (Å²) in [6.07, 6.45) is 1.75. The molecular weight excluding hydrogens is 365 g/mol. The van der Waals surface area contributed by atoms with Crippen molar-refractivity contribution in [1.29, 1.82) is 0 Å². The van der Waals surface area contributed by atoms with E-state index in [2.05, 4.69) is 15.6 Å². The molecule has 1 heterocycles. The quantitative estimate of drug-likeness (QED) is 0.647. The summed E-state index contributed by atoms with van der Waals surface area (Å²) < 4.78 is 13.2. The maximum atomic E-state index is 13.2. The molecular formula is C21H19ClFN3O. The molecule has 138 valence electrons. The van der Waals surface area contributed by atoms with Crippen molar-refractivity contribution in [3.63, 3.8) is 0 Å². The molecule has 0 spiro atoms. The van der Waals surface area contributed by atoms with Crippen molar-refractivity contribution in [3.8, 4) is 0 Å². The predicted molar refractivity (Wildman–Crippen MR) is 105 cm³/mol. The maximum absolute atomic E-state index is 13.2. The normalized spacial score (nSPS) is 10.5. The molecule has 0 aliphatic carbocycles. The van der Waals surface area contributed by atoms with E-state index in [1.54, 1.807) is 18.3 Å². The zero-order valence-corrected chi connectivity index (χ0v) is 15.6. The monoisotopic (exact) mass is 383 g/mol. The topological polar surface area (TPSA) is 54.0 Å². The van der Waals surface area contributed by atoms with Gasteiger partial charge < -0.3 is 10.6 Å². The molecule has 0 fully saturated rings. The van der Waals surface area contributed by atoms with Crippen LogP contribution in [0.2, 0.25) is 5.02 Å². The van der Waals surface area contributed by atoms with E-state index in [1.165, 1.54) is 12.1 Å². The van der Waals surface area contributed by atoms with Gasteiger partial charge in [0.1, 0.15) is 5.82 Å². The molecule has 0 unspecified atom stereocenters. The van der Waals surface area contributed by atoms with Gasteiger partial charge in [0, 0.05) is 24.0 Å². The Bertz CT molecular complexity index is 947. The Kier molecular flexibility index (Phi) is 6.04. The molecule has 1 aromatic heterocycles. The van der Waals surface area contributed by atoms with Gasteiger partial charge >= 0.3 is 0 Å². The van der Waals surface area contributed by atoms with E-state index in [0.717, 1.165) is 22.5 Å². The van der Waals surface area contributed by atoms with E-state index in [4.69, 9.17) is 11.6 Å². The molecule has 2 N–H and O–H groups in total. The summed E-state index contributed by atoms with van der Waals surface area (Å²) in [7, 11) is 0. The second kappa shape index (κ2) is 8.64. The van der Waals surface area contributed by atoms with Crippen molar-refractivity contribution in [2.45, 2.75) is 20.0 Å². The van der Waals surface area contributed by atoms with Crippen LogP contribution in [0, 0.1) is 12.7 Å². The zero-order chi connectivity index (χ0) is 19.2. The molecule has 4 nitrogen and oxygen atoms in total. The summed E-state index contributed by atoms with van der Waals surface area (Å²) in [5.74, 6) is -0.677. The highest BCUT2D eigenvalue weighted by molar-refractivity contribution is 6.30. The minimum atomic E-state index is -0.478. The molecule has 27 heavy (non-hydrogen) atoms. The number of aromatic nitrogens is 1. The molecule has 0 radical (unpaired) electrons. The first-order valence-electron chi connectivity index (χ1n) is 8.50. The number of halogens is 2. The number of carbonyl (C=O) groups is 1. The van der Waals surface area contributed by atoms with Crippen LogP contribution in [0.15, 0.2) is 60.8 Å². The maximum Gasteiger partial charge on any atom is 0.251 e. The molecule has 3 aromatic rings. The number of nitrogens with zero attached hydrogens (tertiary/aromatic N) is 1. The third kappa shape index (κ3) is 4.83. The van der Waals surface area contributed by atoms with Gasteiger partial charge in [0.05, 0.1) is 17.3 Å². The third-order valence-corrected chi connectivity index (χ3v) is 4.49. The number of nitrogens with one attached hydrogen (secondary N) is 2. The minimum Gasteiger partial charge on any atom is -0.379 e. The fourth-order valence-electron chi connectivity index (χ4n) is 2.69. The fourth-order valence-corrected chi connectivity index (χ4v) is 2.89. The Labute approximate surface area is 162 Å². The van der Waals surface area contributed by atoms with Crippen LogP contribution in [0.4, 0.5) is 10.1 Å². The van der Waals surface area contributed by atoms with Crippen LogP contribution in [-0.4, -0.2) is 10.9 Å². The highest BCUT2D eigenvalue weighted by Gasteiger charge is 2.12. The Morgan fingerprint density at radius 3 is 2.70 bits per heavy atom. The highest BCUT2D eigenvalue weighted by atomic mass is 35.5. The van der Waals surface area contributed by atoms with Crippen molar-refractivity contribution in [2.24, 2.45) is 0 Å². The van der Waals surface area contributed by atoms with Gasteiger partial charge in [0.2, 0.25) is 0 Å². The number of anilines is 1. The fraction of sp³-hybridized carbons (Fsp3) is 0.143. The van der Waals surface area contributed by atoms with E-state index in [-0.39, 0.29) is 17.5 Å². The lowest BCUT2D eigenvalue weighted by Gasteiger charge is -2.13. The van der Waals surface area contributed by atoms with Gasteiger partial charge in [-0.15, -0.1) is 0 Å². The largest absolute Gasteiger partial charge is 0.379 e. The molecule has 0 bridgehead atoms. The lowest BCUT2D eigenvalue weighted by molar-refractivity contribution is 0.0950. The molecule has 0 aliphatic heterocycles. The summed E-state index contributed by atoms with van der Waals surface area (Å²) in [6.45, 7) is 2.73. The van der Waals surface area contributed by atoms with Crippen LogP contribution in [0.1, 0.15) is 27.2 Å². The SMILES string of the molecule is Cc1c(NCc2ccccn2)cccc1C(=O)NCc1ccc(F)c(Cl)c1. The summed E-state index contributed by atoms with van der Waals surface area (Å²) in [5.41, 5.74) is 3.95. The predicted octanol–water partition coefficient (Wildman–Crippen LogP) is 4.72. The van der Waals surface area contributed by atoms with E-state index in [1.807, 2.05) is 37.3 Å². The standard InChI is InChI=1S/C21H19ClFN3O/c1-14-17(21(27)26-12-15-8-9-19(23)18(22)11-15)6-4-7-20(14)25-13-16-5-2-3-10-24-16/h2-11,25H,12-13H2,1H3,(H,26,27). The van der Waals surface area contributed by atoms with Gasteiger partial charge in [-0.1, -0.05) is 29.8 Å². The Morgan fingerprint density at radius 1 is 1.11 bits per heavy atom. The summed E-state index contributed by atoms with van der Waals surface area (Å²) >= 11 is 5.78. The number of benzene rings is 2. The van der Waals surface area contributed by atoms with Crippen LogP contribution in [-0.2, 0) is 13.1 Å². The molecule has 0 saturated carbocycles. The van der Waals surface area contributed by atoms with Crippen LogP contribution in [0.5, 0.6) is 0 Å². The molecule has 3 rings (SSSR count). The average Bonchev–Trinajstić information content (AvgIpc) is 2.68. The van der Waals surface area contributed by atoms with Gasteiger partial charge in [-0.3, -0.25) is 9.78 Å². The summed E-state index contributed by atoms with van der Waals surface area (Å²) in [4.78, 5) is 16.8. The smallest absolute Gasteiger partial charge is 0.251 e. The van der Waals surface area contributed by atoms with Crippen molar-refractivity contribution < 1.29 is 9.18 Å². The molecule has 0 saturated heterocycles. The van der Waals surface area contributed by atoms with E-state index in [0.29, 0.717) is 12.1 Å². The number of hydrogen-bond acceptors (Lipinski definition) is 3. The number of hydrogen-bond donors (Lipinski definition) is 2. The van der Waals surface area contributed by atoms with Gasteiger partial charge in [0.15, 0.2) is 0 Å². The van der Waals surface area contributed by atoms with Gasteiger partial charge in [-0.2, -0.15) is 0 Å². The van der Waals surface area contributed by atoms with Crippen LogP contribution in [0.3, 0.4) is 0 Å². The van der Waals surface area contributed by atoms with Gasteiger partial charge in [-0.05, 0) is 54.4 Å². The van der Waals surface area contributed by atoms with Crippen LogP contribution in [0.25, 0.3) is 0 Å². The molecule has 2 aromatic carbocycles. The molecule has 1 amide bonds. The summed E-state index contributed by atoms with van der Waals surface area (Å²) in [5, 5.41) is 6.19. The van der Waals surface area contributed by atoms with Gasteiger partial charge in [-0.25, -0.2) is 4.39 Å². The Hall–Kier alpha value is -2.92. The second-order valence-electron chi connectivity index (χ2n) is 6.08.